The number of anilines is 1. The van der Waals surface area contributed by atoms with Crippen LogP contribution in [0.15, 0.2) is 90.5 Å². The van der Waals surface area contributed by atoms with Crippen LogP contribution in [0.1, 0.15) is 23.6 Å². The highest BCUT2D eigenvalue weighted by Crippen LogP contribution is 2.36. The Hall–Kier alpha value is -4.60. The second-order valence-corrected chi connectivity index (χ2v) is 10.6. The summed E-state index contributed by atoms with van der Waals surface area (Å²) in [7, 11) is 0. The Bertz CT molecular complexity index is 1700. The van der Waals surface area contributed by atoms with Crippen molar-refractivity contribution >= 4 is 57.5 Å². The highest BCUT2D eigenvalue weighted by atomic mass is 127. The third-order valence-corrected chi connectivity index (χ3v) is 7.15. The number of nitriles is 1. The Morgan fingerprint density at radius 1 is 1.02 bits per heavy atom. The van der Waals surface area contributed by atoms with Crippen molar-refractivity contribution in [2.75, 3.05) is 11.9 Å². The summed E-state index contributed by atoms with van der Waals surface area (Å²) in [5, 5.41) is 24.2. The molecule has 0 aliphatic carbocycles. The molecule has 0 aliphatic rings. The van der Waals surface area contributed by atoms with E-state index in [9.17, 15) is 20.2 Å². The van der Waals surface area contributed by atoms with Gasteiger partial charge in [-0.05, 0) is 89.2 Å². The number of ether oxygens (including phenoxy) is 3. The monoisotopic (exact) mass is 709 g/mol. The standard InChI is InChI=1S/C32H25ClIN3O6/c1-2-41-30-17-22(16-29(34)31(30)43-19-21-6-5-8-26(15-21)37(39)40)14-24(18-35)32(38)36-25-10-12-27(13-11-25)42-20-23-7-3-4-9-28(23)33/h3-17H,2,19-20H2,1H3,(H,36,38)/b24-14+. The number of carbonyl (C=O) groups excluding carboxylic acids is 1. The Balaban J connectivity index is 1.45. The summed E-state index contributed by atoms with van der Waals surface area (Å²) in [6.45, 7) is 2.55. The molecule has 0 aromatic heterocycles. The molecule has 1 N–H and O–H groups in total. The summed E-state index contributed by atoms with van der Waals surface area (Å²) in [6.07, 6.45) is 1.46. The molecule has 0 saturated carbocycles. The number of benzene rings is 4. The highest BCUT2D eigenvalue weighted by molar-refractivity contribution is 14.1. The molecule has 0 unspecified atom stereocenters. The number of halogens is 2. The first-order valence-electron chi connectivity index (χ1n) is 13.0. The Morgan fingerprint density at radius 3 is 2.49 bits per heavy atom. The molecule has 0 aliphatic heterocycles. The number of nitrogens with zero attached hydrogens (tertiary/aromatic N) is 2. The number of hydrogen-bond acceptors (Lipinski definition) is 7. The van der Waals surface area contributed by atoms with E-state index in [2.05, 4.69) is 27.9 Å². The van der Waals surface area contributed by atoms with Crippen LogP contribution < -0.4 is 19.5 Å². The van der Waals surface area contributed by atoms with Gasteiger partial charge in [0, 0.05) is 28.4 Å². The van der Waals surface area contributed by atoms with Crippen LogP contribution in [0.2, 0.25) is 5.02 Å². The van der Waals surface area contributed by atoms with E-state index in [4.69, 9.17) is 25.8 Å². The predicted molar refractivity (Wildman–Crippen MR) is 172 cm³/mol. The number of rotatable bonds is 12. The van der Waals surface area contributed by atoms with Gasteiger partial charge in [0.2, 0.25) is 0 Å². The maximum absolute atomic E-state index is 12.9. The van der Waals surface area contributed by atoms with Crippen LogP contribution in [0.5, 0.6) is 17.2 Å². The first-order valence-corrected chi connectivity index (χ1v) is 14.4. The molecule has 0 radical (unpaired) electrons. The molecule has 0 atom stereocenters. The molecule has 4 aromatic rings. The molecule has 9 nitrogen and oxygen atoms in total. The van der Waals surface area contributed by atoms with Gasteiger partial charge in [0.05, 0.1) is 15.1 Å². The Morgan fingerprint density at radius 2 is 1.79 bits per heavy atom. The average molecular weight is 710 g/mol. The fourth-order valence-electron chi connectivity index (χ4n) is 3.91. The maximum Gasteiger partial charge on any atom is 0.269 e. The number of carbonyl (C=O) groups is 1. The minimum absolute atomic E-state index is 0.0266. The van der Waals surface area contributed by atoms with Crippen LogP contribution in [-0.4, -0.2) is 17.4 Å². The number of hydrogen-bond donors (Lipinski definition) is 1. The van der Waals surface area contributed by atoms with Gasteiger partial charge in [0.1, 0.15) is 30.6 Å². The van der Waals surface area contributed by atoms with Crippen LogP contribution in [0.25, 0.3) is 6.08 Å². The van der Waals surface area contributed by atoms with E-state index in [1.165, 1.54) is 18.2 Å². The van der Waals surface area contributed by atoms with Gasteiger partial charge >= 0.3 is 0 Å². The molecular weight excluding hydrogens is 685 g/mol. The van der Waals surface area contributed by atoms with E-state index >= 15 is 0 Å². The zero-order valence-electron chi connectivity index (χ0n) is 22.9. The van der Waals surface area contributed by atoms with Gasteiger partial charge in [0.15, 0.2) is 11.5 Å². The first-order chi connectivity index (χ1) is 20.8. The van der Waals surface area contributed by atoms with Crippen LogP contribution in [0, 0.1) is 25.0 Å². The largest absolute Gasteiger partial charge is 0.490 e. The maximum atomic E-state index is 12.9. The van der Waals surface area contributed by atoms with Crippen molar-refractivity contribution in [2.24, 2.45) is 0 Å². The summed E-state index contributed by atoms with van der Waals surface area (Å²) < 4.78 is 18.2. The van der Waals surface area contributed by atoms with Gasteiger partial charge in [-0.3, -0.25) is 14.9 Å². The summed E-state index contributed by atoms with van der Waals surface area (Å²) in [4.78, 5) is 23.6. The van der Waals surface area contributed by atoms with Gasteiger partial charge in [-0.25, -0.2) is 0 Å². The lowest BCUT2D eigenvalue weighted by atomic mass is 10.1. The minimum atomic E-state index is -0.578. The molecule has 4 rings (SSSR count). The quantitative estimate of drug-likeness (QED) is 0.0521. The zero-order chi connectivity index (χ0) is 30.8. The van der Waals surface area contributed by atoms with Gasteiger partial charge in [-0.15, -0.1) is 0 Å². The summed E-state index contributed by atoms with van der Waals surface area (Å²) in [5.41, 5.74) is 2.40. The molecule has 218 valence electrons. The normalized spacial score (nSPS) is 10.9. The van der Waals surface area contributed by atoms with E-state index in [0.717, 1.165) is 5.56 Å². The zero-order valence-corrected chi connectivity index (χ0v) is 25.8. The van der Waals surface area contributed by atoms with Crippen LogP contribution in [-0.2, 0) is 18.0 Å². The number of amides is 1. The molecule has 43 heavy (non-hydrogen) atoms. The molecule has 0 bridgehead atoms. The second-order valence-electron chi connectivity index (χ2n) is 9.01. The smallest absolute Gasteiger partial charge is 0.269 e. The summed E-state index contributed by atoms with van der Waals surface area (Å²) in [5.74, 6) is 0.882. The molecule has 0 saturated heterocycles. The third kappa shape index (κ3) is 8.70. The molecule has 0 spiro atoms. The van der Waals surface area contributed by atoms with Crippen molar-refractivity contribution in [3.05, 3.63) is 126 Å². The van der Waals surface area contributed by atoms with Gasteiger partial charge in [-0.2, -0.15) is 5.26 Å². The number of nitro benzene ring substituents is 1. The van der Waals surface area contributed by atoms with Crippen molar-refractivity contribution in [1.29, 1.82) is 5.26 Å². The molecule has 4 aromatic carbocycles. The minimum Gasteiger partial charge on any atom is -0.490 e. The van der Waals surface area contributed by atoms with Crippen LogP contribution in [0.3, 0.4) is 0 Å². The Kier molecular flexibility index (Phi) is 11.0. The number of non-ortho nitro benzene ring substituents is 1. The molecular formula is C32H25ClIN3O6. The van der Waals surface area contributed by atoms with E-state index in [1.54, 1.807) is 54.6 Å². The fraction of sp³-hybridized carbons (Fsp3) is 0.125. The first kappa shape index (κ1) is 31.3. The highest BCUT2D eigenvalue weighted by Gasteiger charge is 2.16. The fourth-order valence-corrected chi connectivity index (χ4v) is 4.89. The lowest BCUT2D eigenvalue weighted by molar-refractivity contribution is -0.384. The topological polar surface area (TPSA) is 124 Å². The summed E-state index contributed by atoms with van der Waals surface area (Å²) in [6, 6.07) is 25.8. The molecule has 11 heteroatoms. The molecule has 0 fully saturated rings. The van der Waals surface area contributed by atoms with Crippen molar-refractivity contribution in [3.63, 3.8) is 0 Å². The van der Waals surface area contributed by atoms with E-state index in [-0.39, 0.29) is 17.9 Å². The van der Waals surface area contributed by atoms with Crippen LogP contribution >= 0.6 is 34.2 Å². The molecule has 1 amide bonds. The summed E-state index contributed by atoms with van der Waals surface area (Å²) >= 11 is 8.25. The van der Waals surface area contributed by atoms with Crippen LogP contribution in [0.4, 0.5) is 11.4 Å². The third-order valence-electron chi connectivity index (χ3n) is 5.98. The van der Waals surface area contributed by atoms with E-state index in [0.29, 0.717) is 55.9 Å². The van der Waals surface area contributed by atoms with Crippen molar-refractivity contribution in [3.8, 4) is 23.3 Å². The number of nitro groups is 1. The lowest BCUT2D eigenvalue weighted by Gasteiger charge is -2.15. The van der Waals surface area contributed by atoms with Crippen molar-refractivity contribution < 1.29 is 23.9 Å². The SMILES string of the molecule is CCOc1cc(/C=C(\C#N)C(=O)Nc2ccc(OCc3ccccc3Cl)cc2)cc(I)c1OCc1cccc([N+](=O)[O-])c1. The second kappa shape index (κ2) is 15.0. The lowest BCUT2D eigenvalue weighted by Crippen LogP contribution is -2.13. The predicted octanol–water partition coefficient (Wildman–Crippen LogP) is 7.96. The van der Waals surface area contributed by atoms with Gasteiger partial charge in [-0.1, -0.05) is 41.9 Å². The van der Waals surface area contributed by atoms with Gasteiger partial charge in [0.25, 0.3) is 11.6 Å². The van der Waals surface area contributed by atoms with E-state index < -0.39 is 10.8 Å². The van der Waals surface area contributed by atoms with Crippen molar-refractivity contribution in [2.45, 2.75) is 20.1 Å². The van der Waals surface area contributed by atoms with Crippen molar-refractivity contribution in [1.82, 2.24) is 0 Å². The average Bonchev–Trinajstić information content (AvgIpc) is 3.00. The van der Waals surface area contributed by atoms with Gasteiger partial charge < -0.3 is 19.5 Å². The Labute approximate surface area is 266 Å². The molecule has 0 heterocycles. The number of nitrogens with one attached hydrogen (secondary N) is 1. The van der Waals surface area contributed by atoms with E-state index in [1.807, 2.05) is 31.2 Å².